The molecule has 74 valence electrons. The molecule has 1 N–H and O–H groups in total. The molecule has 1 rings (SSSR count). The summed E-state index contributed by atoms with van der Waals surface area (Å²) >= 11 is 5.71. The highest BCUT2D eigenvalue weighted by Crippen LogP contribution is 2.26. The van der Waals surface area contributed by atoms with E-state index in [-0.39, 0.29) is 0 Å². The SMILES string of the molecule is C=CC(C)(C(=O)O)c1ccc(Cl)cc1. The predicted molar refractivity (Wildman–Crippen MR) is 56.6 cm³/mol. The zero-order valence-electron chi connectivity index (χ0n) is 7.83. The van der Waals surface area contributed by atoms with Gasteiger partial charge in [0.1, 0.15) is 5.41 Å². The molecule has 0 aromatic heterocycles. The summed E-state index contributed by atoms with van der Waals surface area (Å²) in [5.41, 5.74) is -0.380. The number of hydrogen-bond acceptors (Lipinski definition) is 1. The molecule has 1 aromatic carbocycles. The third-order valence-corrected chi connectivity index (χ3v) is 2.55. The number of carbonyl (C=O) groups is 1. The summed E-state index contributed by atoms with van der Waals surface area (Å²) in [7, 11) is 0. The molecule has 0 saturated heterocycles. The Morgan fingerprint density at radius 2 is 2.00 bits per heavy atom. The van der Waals surface area contributed by atoms with Gasteiger partial charge in [0, 0.05) is 5.02 Å². The van der Waals surface area contributed by atoms with Crippen molar-refractivity contribution in [2.45, 2.75) is 12.3 Å². The summed E-state index contributed by atoms with van der Waals surface area (Å²) in [6.07, 6.45) is 1.42. The number of rotatable bonds is 3. The van der Waals surface area contributed by atoms with Crippen LogP contribution in [0.1, 0.15) is 12.5 Å². The third kappa shape index (κ3) is 1.80. The van der Waals surface area contributed by atoms with Crippen LogP contribution in [0.3, 0.4) is 0 Å². The van der Waals surface area contributed by atoms with Crippen LogP contribution >= 0.6 is 11.6 Å². The van der Waals surface area contributed by atoms with Gasteiger partial charge in [0.25, 0.3) is 0 Å². The molecule has 2 nitrogen and oxygen atoms in total. The maximum absolute atomic E-state index is 11.0. The van der Waals surface area contributed by atoms with Gasteiger partial charge in [-0.1, -0.05) is 29.8 Å². The highest BCUT2D eigenvalue weighted by atomic mass is 35.5. The van der Waals surface area contributed by atoms with Gasteiger partial charge in [0.05, 0.1) is 0 Å². The lowest BCUT2D eigenvalue weighted by molar-refractivity contribution is -0.141. The fourth-order valence-electron chi connectivity index (χ4n) is 1.12. The first-order valence-electron chi connectivity index (χ1n) is 4.14. The monoisotopic (exact) mass is 210 g/mol. The molecule has 1 aromatic rings. The van der Waals surface area contributed by atoms with Gasteiger partial charge in [-0.15, -0.1) is 6.58 Å². The summed E-state index contributed by atoms with van der Waals surface area (Å²) < 4.78 is 0. The van der Waals surface area contributed by atoms with Crippen molar-refractivity contribution in [3.63, 3.8) is 0 Å². The predicted octanol–water partition coefficient (Wildman–Crippen LogP) is 2.87. The Bertz CT molecular complexity index is 356. The van der Waals surface area contributed by atoms with E-state index in [1.165, 1.54) is 6.08 Å². The van der Waals surface area contributed by atoms with Gasteiger partial charge in [-0.05, 0) is 24.6 Å². The van der Waals surface area contributed by atoms with Crippen LogP contribution in [0.5, 0.6) is 0 Å². The summed E-state index contributed by atoms with van der Waals surface area (Å²) in [6, 6.07) is 6.72. The largest absolute Gasteiger partial charge is 0.480 e. The smallest absolute Gasteiger partial charge is 0.317 e. The maximum Gasteiger partial charge on any atom is 0.317 e. The van der Waals surface area contributed by atoms with Crippen molar-refractivity contribution in [2.24, 2.45) is 0 Å². The minimum absolute atomic E-state index is 0.588. The van der Waals surface area contributed by atoms with Crippen molar-refractivity contribution in [3.8, 4) is 0 Å². The maximum atomic E-state index is 11.0. The molecule has 0 bridgehead atoms. The lowest BCUT2D eigenvalue weighted by atomic mass is 9.83. The van der Waals surface area contributed by atoms with E-state index < -0.39 is 11.4 Å². The standard InChI is InChI=1S/C11H11ClO2/c1-3-11(2,10(13)14)8-4-6-9(12)7-5-8/h3-7H,1H2,2H3,(H,13,14). The molecule has 14 heavy (non-hydrogen) atoms. The van der Waals surface area contributed by atoms with Crippen molar-refractivity contribution in [1.82, 2.24) is 0 Å². The topological polar surface area (TPSA) is 37.3 Å². The quantitative estimate of drug-likeness (QED) is 0.779. The van der Waals surface area contributed by atoms with Crippen molar-refractivity contribution < 1.29 is 9.90 Å². The summed E-state index contributed by atoms with van der Waals surface area (Å²) in [5.74, 6) is -0.921. The molecular weight excluding hydrogens is 200 g/mol. The number of carboxylic acids is 1. The number of benzene rings is 1. The Morgan fingerprint density at radius 1 is 1.50 bits per heavy atom. The van der Waals surface area contributed by atoms with E-state index in [1.54, 1.807) is 31.2 Å². The molecule has 3 heteroatoms. The molecule has 1 atom stereocenters. The van der Waals surface area contributed by atoms with Crippen LogP contribution in [0.25, 0.3) is 0 Å². The molecule has 1 unspecified atom stereocenters. The Hall–Kier alpha value is -1.28. The van der Waals surface area contributed by atoms with E-state index in [0.717, 1.165) is 0 Å². The average Bonchev–Trinajstić information content (AvgIpc) is 2.17. The zero-order chi connectivity index (χ0) is 10.8. The molecular formula is C11H11ClO2. The number of carboxylic acid groups (broad SMARTS) is 1. The second-order valence-electron chi connectivity index (χ2n) is 3.22. The van der Waals surface area contributed by atoms with E-state index in [2.05, 4.69) is 6.58 Å². The summed E-state index contributed by atoms with van der Waals surface area (Å²) in [5, 5.41) is 9.64. The molecule has 0 aliphatic rings. The van der Waals surface area contributed by atoms with Crippen LogP contribution in [0, 0.1) is 0 Å². The van der Waals surface area contributed by atoms with Gasteiger partial charge in [-0.3, -0.25) is 4.79 Å². The van der Waals surface area contributed by atoms with Crippen LogP contribution in [0.4, 0.5) is 0 Å². The van der Waals surface area contributed by atoms with E-state index in [9.17, 15) is 4.79 Å². The Morgan fingerprint density at radius 3 is 2.36 bits per heavy atom. The Kier molecular flexibility index (Phi) is 2.96. The number of aliphatic carboxylic acids is 1. The minimum Gasteiger partial charge on any atom is -0.480 e. The van der Waals surface area contributed by atoms with Crippen LogP contribution in [-0.4, -0.2) is 11.1 Å². The van der Waals surface area contributed by atoms with Crippen molar-refractivity contribution in [3.05, 3.63) is 47.5 Å². The summed E-state index contributed by atoms with van der Waals surface area (Å²) in [6.45, 7) is 5.14. The summed E-state index contributed by atoms with van der Waals surface area (Å²) in [4.78, 5) is 11.0. The van der Waals surface area contributed by atoms with Gasteiger partial charge < -0.3 is 5.11 Å². The minimum atomic E-state index is -1.05. The molecule has 0 fully saturated rings. The van der Waals surface area contributed by atoms with Crippen LogP contribution in [0.15, 0.2) is 36.9 Å². The van der Waals surface area contributed by atoms with Crippen LogP contribution < -0.4 is 0 Å². The molecule has 0 aliphatic carbocycles. The van der Waals surface area contributed by atoms with Crippen LogP contribution in [0.2, 0.25) is 5.02 Å². The second-order valence-corrected chi connectivity index (χ2v) is 3.65. The number of hydrogen-bond donors (Lipinski definition) is 1. The van der Waals surface area contributed by atoms with Gasteiger partial charge in [-0.25, -0.2) is 0 Å². The van der Waals surface area contributed by atoms with E-state index in [4.69, 9.17) is 16.7 Å². The highest BCUT2D eigenvalue weighted by Gasteiger charge is 2.31. The fraction of sp³-hybridized carbons (Fsp3) is 0.182. The average molecular weight is 211 g/mol. The third-order valence-electron chi connectivity index (χ3n) is 2.30. The van der Waals surface area contributed by atoms with Crippen LogP contribution in [-0.2, 0) is 10.2 Å². The molecule has 0 spiro atoms. The van der Waals surface area contributed by atoms with Gasteiger partial charge in [-0.2, -0.15) is 0 Å². The van der Waals surface area contributed by atoms with E-state index in [0.29, 0.717) is 10.6 Å². The van der Waals surface area contributed by atoms with Crippen molar-refractivity contribution in [1.29, 1.82) is 0 Å². The van der Waals surface area contributed by atoms with Gasteiger partial charge in [0.15, 0.2) is 0 Å². The first-order valence-corrected chi connectivity index (χ1v) is 4.51. The molecule has 0 aliphatic heterocycles. The molecule has 0 heterocycles. The first-order chi connectivity index (χ1) is 6.50. The molecule has 0 radical (unpaired) electrons. The van der Waals surface area contributed by atoms with Gasteiger partial charge >= 0.3 is 5.97 Å². The first kappa shape index (κ1) is 10.8. The zero-order valence-corrected chi connectivity index (χ0v) is 8.58. The fourth-order valence-corrected chi connectivity index (χ4v) is 1.25. The second kappa shape index (κ2) is 3.84. The van der Waals surface area contributed by atoms with Crippen molar-refractivity contribution >= 4 is 17.6 Å². The number of halogens is 1. The van der Waals surface area contributed by atoms with Gasteiger partial charge in [0.2, 0.25) is 0 Å². The molecule has 0 amide bonds. The van der Waals surface area contributed by atoms with Crippen molar-refractivity contribution in [2.75, 3.05) is 0 Å². The normalized spacial score (nSPS) is 14.4. The van der Waals surface area contributed by atoms with E-state index in [1.807, 2.05) is 0 Å². The Balaban J connectivity index is 3.19. The Labute approximate surface area is 87.8 Å². The highest BCUT2D eigenvalue weighted by molar-refractivity contribution is 6.30. The van der Waals surface area contributed by atoms with E-state index >= 15 is 0 Å². The molecule has 0 saturated carbocycles. The lowest BCUT2D eigenvalue weighted by Gasteiger charge is -2.20. The lowest BCUT2D eigenvalue weighted by Crippen LogP contribution is -2.29.